The molecule has 102 valence electrons. The molecular weight excluding hydrogens is 214 g/mol. The molecule has 0 aromatic rings. The Morgan fingerprint density at radius 2 is 1.65 bits per heavy atom. The highest BCUT2D eigenvalue weighted by Crippen LogP contribution is 2.62. The van der Waals surface area contributed by atoms with Crippen LogP contribution in [0.15, 0.2) is 0 Å². The van der Waals surface area contributed by atoms with Gasteiger partial charge in [0.2, 0.25) is 0 Å². The fourth-order valence-electron chi connectivity index (χ4n) is 2.46. The maximum atomic E-state index is 9.79. The van der Waals surface area contributed by atoms with Gasteiger partial charge in [0, 0.05) is 19.2 Å². The lowest BCUT2D eigenvalue weighted by Crippen LogP contribution is -2.34. The van der Waals surface area contributed by atoms with Crippen LogP contribution in [0.3, 0.4) is 0 Å². The molecule has 1 atom stereocenters. The number of ether oxygens (including phenoxy) is 1. The lowest BCUT2D eigenvalue weighted by molar-refractivity contribution is 0.0255. The minimum Gasteiger partial charge on any atom is -0.389 e. The summed E-state index contributed by atoms with van der Waals surface area (Å²) in [6, 6.07) is 0.495. The molecule has 1 unspecified atom stereocenters. The Labute approximate surface area is 106 Å². The summed E-state index contributed by atoms with van der Waals surface area (Å²) in [6.45, 7) is 15.1. The van der Waals surface area contributed by atoms with Crippen molar-refractivity contribution in [3.63, 3.8) is 0 Å². The zero-order valence-electron chi connectivity index (χ0n) is 12.2. The fourth-order valence-corrected chi connectivity index (χ4v) is 2.46. The molecule has 1 aliphatic rings. The van der Waals surface area contributed by atoms with Gasteiger partial charge in [-0.15, -0.1) is 0 Å². The molecule has 0 saturated heterocycles. The molecule has 2 N–H and O–H groups in total. The smallest absolute Gasteiger partial charge is 0.0897 e. The van der Waals surface area contributed by atoms with Crippen LogP contribution >= 0.6 is 0 Å². The highest BCUT2D eigenvalue weighted by Gasteiger charge is 2.64. The molecule has 0 radical (unpaired) electrons. The van der Waals surface area contributed by atoms with E-state index in [-0.39, 0.29) is 0 Å². The zero-order valence-corrected chi connectivity index (χ0v) is 12.2. The molecule has 17 heavy (non-hydrogen) atoms. The first-order valence-electron chi connectivity index (χ1n) is 6.68. The molecule has 0 amide bonds. The minimum atomic E-state index is -0.402. The van der Waals surface area contributed by atoms with Crippen molar-refractivity contribution in [2.24, 2.45) is 16.7 Å². The number of nitrogens with one attached hydrogen (secondary N) is 1. The monoisotopic (exact) mass is 243 g/mol. The van der Waals surface area contributed by atoms with Gasteiger partial charge in [-0.3, -0.25) is 0 Å². The zero-order chi connectivity index (χ0) is 13.3. The summed E-state index contributed by atoms with van der Waals surface area (Å²) >= 11 is 0. The van der Waals surface area contributed by atoms with E-state index in [1.54, 1.807) is 0 Å². The number of hydrogen-bond acceptors (Lipinski definition) is 3. The molecule has 0 aromatic heterocycles. The van der Waals surface area contributed by atoms with Gasteiger partial charge in [0.1, 0.15) is 0 Å². The van der Waals surface area contributed by atoms with Crippen LogP contribution in [0, 0.1) is 16.7 Å². The molecular formula is C14H29NO2. The van der Waals surface area contributed by atoms with E-state index in [4.69, 9.17) is 4.74 Å². The number of aliphatic hydroxyl groups excluding tert-OH is 1. The average molecular weight is 243 g/mol. The number of aliphatic hydroxyl groups is 1. The molecule has 3 nitrogen and oxygen atoms in total. The van der Waals surface area contributed by atoms with Gasteiger partial charge in [-0.05, 0) is 16.7 Å². The summed E-state index contributed by atoms with van der Waals surface area (Å²) in [7, 11) is 0. The van der Waals surface area contributed by atoms with Gasteiger partial charge in [-0.1, -0.05) is 41.5 Å². The van der Waals surface area contributed by atoms with Crippen molar-refractivity contribution < 1.29 is 9.84 Å². The van der Waals surface area contributed by atoms with Gasteiger partial charge in [-0.25, -0.2) is 0 Å². The van der Waals surface area contributed by atoms with Crippen LogP contribution in [0.25, 0.3) is 0 Å². The van der Waals surface area contributed by atoms with Gasteiger partial charge in [0.05, 0.1) is 12.7 Å². The van der Waals surface area contributed by atoms with Crippen LogP contribution in [0.5, 0.6) is 0 Å². The molecule has 1 fully saturated rings. The molecule has 1 saturated carbocycles. The molecule has 0 heterocycles. The lowest BCUT2D eigenvalue weighted by Gasteiger charge is -2.14. The molecule has 3 heteroatoms. The maximum absolute atomic E-state index is 9.79. The van der Waals surface area contributed by atoms with Gasteiger partial charge in [0.15, 0.2) is 0 Å². The third kappa shape index (κ3) is 3.43. The van der Waals surface area contributed by atoms with E-state index in [1.807, 2.05) is 0 Å². The minimum absolute atomic E-state index is 0.325. The van der Waals surface area contributed by atoms with E-state index in [1.165, 1.54) is 0 Å². The normalized spacial score (nSPS) is 24.0. The number of hydrogen-bond donors (Lipinski definition) is 2. The van der Waals surface area contributed by atoms with Crippen molar-refractivity contribution in [2.45, 2.75) is 53.7 Å². The highest BCUT2D eigenvalue weighted by atomic mass is 16.5. The molecule has 0 aromatic carbocycles. The molecule has 0 aliphatic heterocycles. The first-order chi connectivity index (χ1) is 7.69. The number of rotatable bonds is 7. The summed E-state index contributed by atoms with van der Waals surface area (Å²) < 4.78 is 5.42. The van der Waals surface area contributed by atoms with Crippen molar-refractivity contribution >= 4 is 0 Å². The summed E-state index contributed by atoms with van der Waals surface area (Å²) in [5, 5.41) is 13.2. The third-order valence-corrected chi connectivity index (χ3v) is 4.34. The third-order valence-electron chi connectivity index (χ3n) is 4.34. The Balaban J connectivity index is 2.15. The van der Waals surface area contributed by atoms with Crippen molar-refractivity contribution in [3.8, 4) is 0 Å². The van der Waals surface area contributed by atoms with Crippen LogP contribution in [0.2, 0.25) is 0 Å². The van der Waals surface area contributed by atoms with Crippen molar-refractivity contribution in [1.29, 1.82) is 0 Å². The van der Waals surface area contributed by atoms with Crippen LogP contribution < -0.4 is 5.32 Å². The summed E-state index contributed by atoms with van der Waals surface area (Å²) in [6.07, 6.45) is -0.402. The molecule has 1 aliphatic carbocycles. The summed E-state index contributed by atoms with van der Waals surface area (Å²) in [5.74, 6) is 0.524. The largest absolute Gasteiger partial charge is 0.389 e. The van der Waals surface area contributed by atoms with E-state index in [0.717, 1.165) is 6.61 Å². The second-order valence-electron chi connectivity index (χ2n) is 6.87. The van der Waals surface area contributed by atoms with Crippen molar-refractivity contribution in [2.75, 3.05) is 19.8 Å². The Hall–Kier alpha value is -0.120. The molecule has 0 bridgehead atoms. The second-order valence-corrected chi connectivity index (χ2v) is 6.87. The Morgan fingerprint density at radius 3 is 2.06 bits per heavy atom. The highest BCUT2D eigenvalue weighted by molar-refractivity contribution is 5.17. The average Bonchev–Trinajstić information content (AvgIpc) is 2.54. The lowest BCUT2D eigenvalue weighted by atomic mass is 10.0. The first kappa shape index (κ1) is 14.9. The summed E-state index contributed by atoms with van der Waals surface area (Å²) in [4.78, 5) is 0. The van der Waals surface area contributed by atoms with E-state index in [0.29, 0.717) is 35.9 Å². The topological polar surface area (TPSA) is 41.5 Å². The second kappa shape index (κ2) is 5.25. The van der Waals surface area contributed by atoms with E-state index < -0.39 is 6.10 Å². The maximum Gasteiger partial charge on any atom is 0.0897 e. The van der Waals surface area contributed by atoms with E-state index in [9.17, 15) is 5.11 Å². The van der Waals surface area contributed by atoms with Crippen molar-refractivity contribution in [3.05, 3.63) is 0 Å². The van der Waals surface area contributed by atoms with Crippen molar-refractivity contribution in [1.82, 2.24) is 5.32 Å². The predicted molar refractivity (Wildman–Crippen MR) is 71.0 cm³/mol. The van der Waals surface area contributed by atoms with Gasteiger partial charge in [0.25, 0.3) is 0 Å². The van der Waals surface area contributed by atoms with Gasteiger partial charge < -0.3 is 15.2 Å². The van der Waals surface area contributed by atoms with Crippen LogP contribution in [0.4, 0.5) is 0 Å². The standard InChI is InChI=1S/C14H29NO2/c1-10(2)8-17-9-11(16)7-15-12-13(3,4)14(12,5)6/h10-12,15-16H,7-9H2,1-6H3. The Bertz CT molecular complexity index is 235. The first-order valence-corrected chi connectivity index (χ1v) is 6.68. The van der Waals surface area contributed by atoms with Crippen LogP contribution in [-0.4, -0.2) is 37.0 Å². The predicted octanol–water partition coefficient (Wildman–Crippen LogP) is 2.04. The molecule has 0 spiro atoms. The summed E-state index contributed by atoms with van der Waals surface area (Å²) in [5.41, 5.74) is 0.650. The molecule has 1 rings (SSSR count). The Morgan fingerprint density at radius 1 is 1.12 bits per heavy atom. The van der Waals surface area contributed by atoms with E-state index in [2.05, 4.69) is 46.9 Å². The quantitative estimate of drug-likeness (QED) is 0.719. The van der Waals surface area contributed by atoms with Crippen LogP contribution in [0.1, 0.15) is 41.5 Å². The van der Waals surface area contributed by atoms with E-state index >= 15 is 0 Å². The Kier molecular flexibility index (Phi) is 4.61. The fraction of sp³-hybridized carbons (Fsp3) is 1.00. The SMILES string of the molecule is CC(C)COCC(O)CNC1C(C)(C)C1(C)C. The van der Waals surface area contributed by atoms with Gasteiger partial charge >= 0.3 is 0 Å². The van der Waals surface area contributed by atoms with Crippen LogP contribution in [-0.2, 0) is 4.74 Å². The van der Waals surface area contributed by atoms with Gasteiger partial charge in [-0.2, -0.15) is 0 Å².